The first-order valence-corrected chi connectivity index (χ1v) is 9.82. The van der Waals surface area contributed by atoms with E-state index in [9.17, 15) is 14.4 Å². The third-order valence-corrected chi connectivity index (χ3v) is 3.84. The zero-order valence-corrected chi connectivity index (χ0v) is 17.3. The fourth-order valence-corrected chi connectivity index (χ4v) is 2.15. The molecule has 0 bridgehead atoms. The number of allylic oxidation sites excluding steroid dienone is 1. The number of amides is 1. The average Bonchev–Trinajstić information content (AvgIpc) is 3.10. The number of hydrogen-bond donors (Lipinski definition) is 1. The van der Waals surface area contributed by atoms with E-state index in [4.69, 9.17) is 4.74 Å². The van der Waals surface area contributed by atoms with Crippen molar-refractivity contribution >= 4 is 17.7 Å². The highest BCUT2D eigenvalue weighted by Crippen LogP contribution is 2.02. The van der Waals surface area contributed by atoms with Crippen LogP contribution in [0.1, 0.15) is 52.7 Å². The van der Waals surface area contributed by atoms with Crippen LogP contribution in [-0.2, 0) is 32.1 Å². The van der Waals surface area contributed by atoms with Crippen LogP contribution in [0.2, 0.25) is 0 Å². The van der Waals surface area contributed by atoms with E-state index in [2.05, 4.69) is 15.6 Å². The van der Waals surface area contributed by atoms with Gasteiger partial charge in [-0.1, -0.05) is 32.9 Å². The number of aromatic nitrogens is 3. The molecule has 0 radical (unpaired) electrons. The number of nitrogens with one attached hydrogen (secondary N) is 1. The lowest BCUT2D eigenvalue weighted by Crippen LogP contribution is -2.22. The van der Waals surface area contributed by atoms with E-state index < -0.39 is 0 Å². The molecule has 1 rings (SSSR count). The highest BCUT2D eigenvalue weighted by atomic mass is 16.5. The standard InChI is InChI=1S/C20H32N4O4/c1-15(2)14-28-20(27)10-12-24-13-17(22-23-24)7-5-6-11-21-19(26)9-8-18(25)16(3)4/h8-9,13,15-16H,5-7,10-12,14H2,1-4H3,(H,21,26)/b9-8+. The van der Waals surface area contributed by atoms with Crippen molar-refractivity contribution in [1.29, 1.82) is 0 Å². The molecule has 28 heavy (non-hydrogen) atoms. The molecule has 0 saturated heterocycles. The Kier molecular flexibility index (Phi) is 10.8. The van der Waals surface area contributed by atoms with Crippen molar-refractivity contribution in [3.8, 4) is 0 Å². The van der Waals surface area contributed by atoms with Crippen LogP contribution in [0.3, 0.4) is 0 Å². The molecule has 8 nitrogen and oxygen atoms in total. The number of carbonyl (C=O) groups excluding carboxylic acids is 3. The van der Waals surface area contributed by atoms with Gasteiger partial charge in [0.05, 0.1) is 25.3 Å². The van der Waals surface area contributed by atoms with Crippen molar-refractivity contribution in [2.24, 2.45) is 11.8 Å². The second kappa shape index (κ2) is 12.8. The van der Waals surface area contributed by atoms with Gasteiger partial charge in [0.25, 0.3) is 0 Å². The van der Waals surface area contributed by atoms with Crippen molar-refractivity contribution in [2.75, 3.05) is 13.2 Å². The minimum atomic E-state index is -0.260. The Bertz CT molecular complexity index is 665. The topological polar surface area (TPSA) is 103 Å². The van der Waals surface area contributed by atoms with Gasteiger partial charge in [-0.3, -0.25) is 19.1 Å². The third-order valence-electron chi connectivity index (χ3n) is 3.84. The molecule has 156 valence electrons. The van der Waals surface area contributed by atoms with Crippen LogP contribution >= 0.6 is 0 Å². The summed E-state index contributed by atoms with van der Waals surface area (Å²) >= 11 is 0. The highest BCUT2D eigenvalue weighted by Gasteiger charge is 2.07. The van der Waals surface area contributed by atoms with Gasteiger partial charge in [0, 0.05) is 24.7 Å². The molecular formula is C20H32N4O4. The summed E-state index contributed by atoms with van der Waals surface area (Å²) in [6, 6.07) is 0. The predicted molar refractivity (Wildman–Crippen MR) is 105 cm³/mol. The second-order valence-electron chi connectivity index (χ2n) is 7.44. The van der Waals surface area contributed by atoms with Crippen molar-refractivity contribution in [3.05, 3.63) is 24.0 Å². The van der Waals surface area contributed by atoms with Gasteiger partial charge in [-0.15, -0.1) is 5.10 Å². The Labute approximate surface area is 166 Å². The van der Waals surface area contributed by atoms with E-state index in [0.717, 1.165) is 25.0 Å². The molecule has 0 fully saturated rings. The predicted octanol–water partition coefficient (Wildman–Crippen LogP) is 2.09. The maximum atomic E-state index is 11.6. The maximum absolute atomic E-state index is 11.6. The molecule has 0 aliphatic carbocycles. The molecule has 8 heteroatoms. The van der Waals surface area contributed by atoms with Crippen molar-refractivity contribution in [1.82, 2.24) is 20.3 Å². The molecule has 1 amide bonds. The first-order chi connectivity index (χ1) is 13.3. The molecular weight excluding hydrogens is 360 g/mol. The molecule has 1 heterocycles. The normalized spacial score (nSPS) is 11.4. The van der Waals surface area contributed by atoms with Gasteiger partial charge in [-0.05, 0) is 31.3 Å². The number of esters is 1. The number of unbranched alkanes of at least 4 members (excludes halogenated alkanes) is 1. The largest absolute Gasteiger partial charge is 0.465 e. The molecule has 0 spiro atoms. The van der Waals surface area contributed by atoms with E-state index in [1.807, 2.05) is 20.0 Å². The average molecular weight is 393 g/mol. The van der Waals surface area contributed by atoms with Gasteiger partial charge >= 0.3 is 5.97 Å². The molecule has 0 saturated carbocycles. The van der Waals surface area contributed by atoms with E-state index >= 15 is 0 Å². The van der Waals surface area contributed by atoms with Crippen LogP contribution in [0.5, 0.6) is 0 Å². The van der Waals surface area contributed by atoms with Crippen LogP contribution in [0.4, 0.5) is 0 Å². The summed E-state index contributed by atoms with van der Waals surface area (Å²) in [5, 5.41) is 10.9. The maximum Gasteiger partial charge on any atom is 0.307 e. The Morgan fingerprint density at radius 2 is 1.93 bits per heavy atom. The van der Waals surface area contributed by atoms with E-state index in [0.29, 0.717) is 25.6 Å². The summed E-state index contributed by atoms with van der Waals surface area (Å²) in [4.78, 5) is 34.6. The first kappa shape index (κ1) is 23.5. The third kappa shape index (κ3) is 10.6. The molecule has 1 aromatic heterocycles. The second-order valence-corrected chi connectivity index (χ2v) is 7.44. The van der Waals surface area contributed by atoms with Crippen LogP contribution in [0.15, 0.2) is 18.3 Å². The summed E-state index contributed by atoms with van der Waals surface area (Å²) in [6.07, 6.45) is 7.09. The van der Waals surface area contributed by atoms with Gasteiger partial charge in [-0.2, -0.15) is 0 Å². The number of nitrogens with zero attached hydrogens (tertiary/aromatic N) is 3. The summed E-state index contributed by atoms with van der Waals surface area (Å²) in [5.74, 6) is -0.338. The summed E-state index contributed by atoms with van der Waals surface area (Å²) in [7, 11) is 0. The molecule has 1 N–H and O–H groups in total. The molecule has 0 aromatic carbocycles. The van der Waals surface area contributed by atoms with Crippen LogP contribution in [0.25, 0.3) is 0 Å². The Morgan fingerprint density at radius 1 is 1.18 bits per heavy atom. The SMILES string of the molecule is CC(C)COC(=O)CCn1cc(CCCCNC(=O)/C=C/C(=O)C(C)C)nn1. The number of hydrogen-bond acceptors (Lipinski definition) is 6. The Hall–Kier alpha value is -2.51. The zero-order valence-electron chi connectivity index (χ0n) is 17.3. The first-order valence-electron chi connectivity index (χ1n) is 9.82. The van der Waals surface area contributed by atoms with Crippen molar-refractivity contribution in [3.63, 3.8) is 0 Å². The summed E-state index contributed by atoms with van der Waals surface area (Å²) < 4.78 is 6.77. The fourth-order valence-electron chi connectivity index (χ4n) is 2.15. The minimum absolute atomic E-state index is 0.0635. The Balaban J connectivity index is 2.17. The summed E-state index contributed by atoms with van der Waals surface area (Å²) in [5.41, 5.74) is 0.851. The van der Waals surface area contributed by atoms with Crippen molar-refractivity contribution in [2.45, 2.75) is 59.9 Å². The van der Waals surface area contributed by atoms with Gasteiger partial charge in [0.2, 0.25) is 5.91 Å². The minimum Gasteiger partial charge on any atom is -0.465 e. The number of aryl methyl sites for hydroxylation is 2. The number of rotatable bonds is 13. The lowest BCUT2D eigenvalue weighted by Gasteiger charge is -2.06. The van der Waals surface area contributed by atoms with E-state index in [1.54, 1.807) is 18.5 Å². The fraction of sp³-hybridized carbons (Fsp3) is 0.650. The molecule has 1 aromatic rings. The number of ether oxygens (including phenoxy) is 1. The lowest BCUT2D eigenvalue weighted by molar-refractivity contribution is -0.145. The molecule has 0 aliphatic heterocycles. The van der Waals surface area contributed by atoms with Gasteiger partial charge < -0.3 is 10.1 Å². The van der Waals surface area contributed by atoms with Gasteiger partial charge in [0.1, 0.15) is 0 Å². The van der Waals surface area contributed by atoms with Crippen LogP contribution in [-0.4, -0.2) is 45.8 Å². The number of carbonyl (C=O) groups is 3. The van der Waals surface area contributed by atoms with E-state index in [-0.39, 0.29) is 30.0 Å². The van der Waals surface area contributed by atoms with Crippen LogP contribution < -0.4 is 5.32 Å². The molecule has 0 atom stereocenters. The molecule has 0 aliphatic rings. The van der Waals surface area contributed by atoms with E-state index in [1.165, 1.54) is 12.2 Å². The van der Waals surface area contributed by atoms with Gasteiger partial charge in [-0.25, -0.2) is 0 Å². The smallest absolute Gasteiger partial charge is 0.307 e. The number of ketones is 1. The van der Waals surface area contributed by atoms with Crippen LogP contribution in [0, 0.1) is 11.8 Å². The van der Waals surface area contributed by atoms with Crippen molar-refractivity contribution < 1.29 is 19.1 Å². The quantitative estimate of drug-likeness (QED) is 0.313. The highest BCUT2D eigenvalue weighted by molar-refractivity contribution is 5.98. The Morgan fingerprint density at radius 3 is 2.61 bits per heavy atom. The molecule has 0 unspecified atom stereocenters. The monoisotopic (exact) mass is 392 g/mol. The van der Waals surface area contributed by atoms with Gasteiger partial charge in [0.15, 0.2) is 5.78 Å². The summed E-state index contributed by atoms with van der Waals surface area (Å²) in [6.45, 7) is 8.98. The zero-order chi connectivity index (χ0) is 20.9. The lowest BCUT2D eigenvalue weighted by atomic mass is 10.1.